The van der Waals surface area contributed by atoms with Gasteiger partial charge >= 0.3 is 0 Å². The largest absolute Gasteiger partial charge is 0.497 e. The summed E-state index contributed by atoms with van der Waals surface area (Å²) in [6.07, 6.45) is 1.29. The molecule has 2 aromatic carbocycles. The Hall–Kier alpha value is -2.29. The quantitative estimate of drug-likeness (QED) is 0.506. The molecule has 98 valence electrons. The van der Waals surface area contributed by atoms with Crippen LogP contribution < -0.4 is 4.74 Å². The van der Waals surface area contributed by atoms with Gasteiger partial charge < -0.3 is 9.94 Å². The van der Waals surface area contributed by atoms with E-state index < -0.39 is 0 Å². The summed E-state index contributed by atoms with van der Waals surface area (Å²) in [6, 6.07) is 17.8. The van der Waals surface area contributed by atoms with Crippen molar-refractivity contribution in [2.24, 2.45) is 5.16 Å². The first-order valence-corrected chi connectivity index (χ1v) is 6.18. The molecule has 0 aliphatic carbocycles. The molecule has 0 atom stereocenters. The number of benzene rings is 2. The van der Waals surface area contributed by atoms with E-state index in [0.29, 0.717) is 12.8 Å². The molecule has 0 saturated heterocycles. The van der Waals surface area contributed by atoms with Crippen LogP contribution >= 0.6 is 0 Å². The third-order valence-corrected chi connectivity index (χ3v) is 2.96. The molecule has 0 unspecified atom stereocenters. The van der Waals surface area contributed by atoms with Gasteiger partial charge in [0.25, 0.3) is 0 Å². The van der Waals surface area contributed by atoms with Crippen molar-refractivity contribution in [3.05, 3.63) is 65.7 Å². The van der Waals surface area contributed by atoms with Crippen molar-refractivity contribution >= 4 is 5.71 Å². The lowest BCUT2D eigenvalue weighted by Gasteiger charge is -2.06. The predicted molar refractivity (Wildman–Crippen MR) is 76.1 cm³/mol. The minimum absolute atomic E-state index is 0.634. The van der Waals surface area contributed by atoms with Crippen molar-refractivity contribution in [3.63, 3.8) is 0 Å². The van der Waals surface area contributed by atoms with Gasteiger partial charge in [-0.2, -0.15) is 0 Å². The summed E-state index contributed by atoms with van der Waals surface area (Å²) in [4.78, 5) is 0. The molecular formula is C16H17NO2. The Labute approximate surface area is 113 Å². The average molecular weight is 255 g/mol. The van der Waals surface area contributed by atoms with Crippen LogP contribution in [0.3, 0.4) is 0 Å². The fourth-order valence-electron chi connectivity index (χ4n) is 1.94. The van der Waals surface area contributed by atoms with Crippen molar-refractivity contribution in [3.8, 4) is 5.75 Å². The summed E-state index contributed by atoms with van der Waals surface area (Å²) in [5, 5.41) is 12.5. The van der Waals surface area contributed by atoms with Crippen molar-refractivity contribution in [2.75, 3.05) is 7.11 Å². The second-order valence-corrected chi connectivity index (χ2v) is 4.35. The van der Waals surface area contributed by atoms with Crippen LogP contribution in [0.2, 0.25) is 0 Å². The van der Waals surface area contributed by atoms with Crippen molar-refractivity contribution in [1.29, 1.82) is 0 Å². The Kier molecular flexibility index (Phi) is 4.56. The van der Waals surface area contributed by atoms with Crippen LogP contribution in [0.1, 0.15) is 11.1 Å². The molecule has 3 heteroatoms. The lowest BCUT2D eigenvalue weighted by molar-refractivity contribution is 0.317. The lowest BCUT2D eigenvalue weighted by atomic mass is 10.0. The Morgan fingerprint density at radius 3 is 2.05 bits per heavy atom. The smallest absolute Gasteiger partial charge is 0.118 e. The van der Waals surface area contributed by atoms with Crippen LogP contribution in [0.5, 0.6) is 5.75 Å². The summed E-state index contributed by atoms with van der Waals surface area (Å²) in [5.41, 5.74) is 2.99. The molecule has 19 heavy (non-hydrogen) atoms. The third kappa shape index (κ3) is 3.85. The molecule has 1 N–H and O–H groups in total. The summed E-state index contributed by atoms with van der Waals surface area (Å²) < 4.78 is 5.12. The first-order valence-electron chi connectivity index (χ1n) is 6.18. The van der Waals surface area contributed by atoms with Gasteiger partial charge in [0.2, 0.25) is 0 Å². The summed E-state index contributed by atoms with van der Waals surface area (Å²) in [5.74, 6) is 0.828. The van der Waals surface area contributed by atoms with E-state index in [1.807, 2.05) is 54.6 Å². The van der Waals surface area contributed by atoms with Crippen molar-refractivity contribution < 1.29 is 9.94 Å². The van der Waals surface area contributed by atoms with Gasteiger partial charge in [-0.1, -0.05) is 47.6 Å². The molecule has 0 amide bonds. The van der Waals surface area contributed by atoms with E-state index in [4.69, 9.17) is 9.94 Å². The zero-order valence-electron chi connectivity index (χ0n) is 10.9. The molecule has 2 aromatic rings. The van der Waals surface area contributed by atoms with Gasteiger partial charge in [-0.25, -0.2) is 0 Å². The number of oxime groups is 1. The SMILES string of the molecule is COc1ccc(C/C(Cc2ccccc2)=N/O)cc1. The topological polar surface area (TPSA) is 41.8 Å². The van der Waals surface area contributed by atoms with Gasteiger partial charge in [0.1, 0.15) is 5.75 Å². The number of hydrogen-bond acceptors (Lipinski definition) is 3. The van der Waals surface area contributed by atoms with Gasteiger partial charge in [-0.3, -0.25) is 0 Å². The van der Waals surface area contributed by atoms with Crippen molar-refractivity contribution in [1.82, 2.24) is 0 Å². The van der Waals surface area contributed by atoms with E-state index in [-0.39, 0.29) is 0 Å². The second kappa shape index (κ2) is 6.59. The molecule has 0 fully saturated rings. The van der Waals surface area contributed by atoms with Gasteiger partial charge in [-0.05, 0) is 23.3 Å². The van der Waals surface area contributed by atoms with Crippen LogP contribution in [0.25, 0.3) is 0 Å². The predicted octanol–water partition coefficient (Wildman–Crippen LogP) is 3.31. The zero-order valence-corrected chi connectivity index (χ0v) is 10.9. The molecular weight excluding hydrogens is 238 g/mol. The lowest BCUT2D eigenvalue weighted by Crippen LogP contribution is -2.07. The third-order valence-electron chi connectivity index (χ3n) is 2.96. The summed E-state index contributed by atoms with van der Waals surface area (Å²) in [7, 11) is 1.64. The van der Waals surface area contributed by atoms with Crippen molar-refractivity contribution in [2.45, 2.75) is 12.8 Å². The number of methoxy groups -OCH3 is 1. The zero-order chi connectivity index (χ0) is 13.5. The van der Waals surface area contributed by atoms with Crippen LogP contribution in [0, 0.1) is 0 Å². The number of nitrogens with zero attached hydrogens (tertiary/aromatic N) is 1. The van der Waals surface area contributed by atoms with E-state index in [2.05, 4.69) is 5.16 Å². The Morgan fingerprint density at radius 1 is 0.947 bits per heavy atom. The molecule has 0 spiro atoms. The van der Waals surface area contributed by atoms with E-state index >= 15 is 0 Å². The standard InChI is InChI=1S/C16H17NO2/c1-19-16-9-7-14(8-10-16)12-15(17-18)11-13-5-3-2-4-6-13/h2-10,18H,11-12H2,1H3/b17-15+. The van der Waals surface area contributed by atoms with Gasteiger partial charge in [0.15, 0.2) is 0 Å². The van der Waals surface area contributed by atoms with E-state index in [9.17, 15) is 0 Å². The fourth-order valence-corrected chi connectivity index (χ4v) is 1.94. The van der Waals surface area contributed by atoms with E-state index in [1.54, 1.807) is 7.11 Å². The second-order valence-electron chi connectivity index (χ2n) is 4.35. The highest BCUT2D eigenvalue weighted by atomic mass is 16.5. The van der Waals surface area contributed by atoms with Crippen LogP contribution in [0.15, 0.2) is 59.8 Å². The number of hydrogen-bond donors (Lipinski definition) is 1. The van der Waals surface area contributed by atoms with Crippen LogP contribution in [-0.2, 0) is 12.8 Å². The molecule has 0 aliphatic rings. The fraction of sp³-hybridized carbons (Fsp3) is 0.188. The first-order chi connectivity index (χ1) is 9.31. The Balaban J connectivity index is 2.03. The number of ether oxygens (including phenoxy) is 1. The van der Waals surface area contributed by atoms with E-state index in [0.717, 1.165) is 22.6 Å². The number of rotatable bonds is 5. The van der Waals surface area contributed by atoms with Gasteiger partial charge in [0.05, 0.1) is 12.8 Å². The molecule has 0 heterocycles. The van der Waals surface area contributed by atoms with Gasteiger partial charge in [0, 0.05) is 12.8 Å². The highest BCUT2D eigenvalue weighted by Gasteiger charge is 2.04. The minimum Gasteiger partial charge on any atom is -0.497 e. The normalized spacial score (nSPS) is 11.3. The molecule has 0 radical (unpaired) electrons. The Bertz CT molecular complexity index is 532. The average Bonchev–Trinajstić information content (AvgIpc) is 2.48. The summed E-state index contributed by atoms with van der Waals surface area (Å²) in [6.45, 7) is 0. The Morgan fingerprint density at radius 2 is 1.53 bits per heavy atom. The molecule has 0 saturated carbocycles. The van der Waals surface area contributed by atoms with Crippen LogP contribution in [-0.4, -0.2) is 18.0 Å². The van der Waals surface area contributed by atoms with E-state index in [1.165, 1.54) is 0 Å². The minimum atomic E-state index is 0.634. The highest BCUT2D eigenvalue weighted by molar-refractivity contribution is 5.88. The maximum atomic E-state index is 9.11. The molecule has 0 aliphatic heterocycles. The molecule has 0 bridgehead atoms. The summed E-state index contributed by atoms with van der Waals surface area (Å²) >= 11 is 0. The van der Waals surface area contributed by atoms with Crippen LogP contribution in [0.4, 0.5) is 0 Å². The molecule has 0 aromatic heterocycles. The first kappa shape index (κ1) is 13.1. The maximum absolute atomic E-state index is 9.11. The highest BCUT2D eigenvalue weighted by Crippen LogP contribution is 2.13. The molecule has 3 nitrogen and oxygen atoms in total. The van der Waals surface area contributed by atoms with Gasteiger partial charge in [-0.15, -0.1) is 0 Å². The monoisotopic (exact) mass is 255 g/mol. The maximum Gasteiger partial charge on any atom is 0.118 e. The molecule has 2 rings (SSSR count).